The lowest BCUT2D eigenvalue weighted by molar-refractivity contribution is -0.104. The summed E-state index contributed by atoms with van der Waals surface area (Å²) in [7, 11) is 5.60. The van der Waals surface area contributed by atoms with Crippen LogP contribution in [0.3, 0.4) is 0 Å². The molecule has 1 N–H and O–H groups in total. The van der Waals surface area contributed by atoms with E-state index in [9.17, 15) is 4.79 Å². The summed E-state index contributed by atoms with van der Waals surface area (Å²) in [4.78, 5) is 22.2. The van der Waals surface area contributed by atoms with Crippen LogP contribution in [0.2, 0.25) is 0 Å². The van der Waals surface area contributed by atoms with Crippen molar-refractivity contribution in [3.05, 3.63) is 28.4 Å². The van der Waals surface area contributed by atoms with Gasteiger partial charge in [-0.2, -0.15) is 12.6 Å². The van der Waals surface area contributed by atoms with Gasteiger partial charge in [-0.15, -0.1) is 11.8 Å². The number of nitrogens with one attached hydrogen (secondary N) is 1. The van der Waals surface area contributed by atoms with Gasteiger partial charge in [0.2, 0.25) is 0 Å². The molecule has 0 atom stereocenters. The van der Waals surface area contributed by atoms with Crippen LogP contribution in [-0.2, 0) is 4.79 Å². The minimum Gasteiger partial charge on any atom is -0.377 e. The van der Waals surface area contributed by atoms with Gasteiger partial charge in [0.25, 0.3) is 0 Å². The number of carbonyl (C=O) groups excluding carboxylic acids is 1. The highest BCUT2D eigenvalue weighted by atomic mass is 32.2. The lowest BCUT2D eigenvalue weighted by atomic mass is 10.1. The van der Waals surface area contributed by atoms with Gasteiger partial charge in [-0.05, 0) is 25.5 Å². The van der Waals surface area contributed by atoms with Gasteiger partial charge in [-0.3, -0.25) is 14.8 Å². The SMILES string of the molecule is CC.CC.CC.CN=CN/C(=C(\C=O)SC)c1c(N(C)C)ccnc1C.CS. The predicted molar refractivity (Wildman–Crippen MR) is 136 cm³/mol. The second-order valence-corrected chi connectivity index (χ2v) is 5.13. The van der Waals surface area contributed by atoms with Crippen molar-refractivity contribution in [1.29, 1.82) is 0 Å². The Labute approximate surface area is 183 Å². The van der Waals surface area contributed by atoms with Gasteiger partial charge in [0.15, 0.2) is 6.29 Å². The van der Waals surface area contributed by atoms with E-state index < -0.39 is 0 Å². The van der Waals surface area contributed by atoms with Crippen LogP contribution in [0, 0.1) is 6.92 Å². The first kappa shape index (κ1) is 34.1. The van der Waals surface area contributed by atoms with Gasteiger partial charge >= 0.3 is 0 Å². The van der Waals surface area contributed by atoms with Crippen LogP contribution in [0.4, 0.5) is 5.69 Å². The molecule has 5 nitrogen and oxygen atoms in total. The van der Waals surface area contributed by atoms with Gasteiger partial charge in [0, 0.05) is 44.3 Å². The molecule has 0 fully saturated rings. The third-order valence-electron chi connectivity index (χ3n) is 2.76. The molecule has 0 aliphatic heterocycles. The summed E-state index contributed by atoms with van der Waals surface area (Å²) in [5.41, 5.74) is 3.50. The highest BCUT2D eigenvalue weighted by Gasteiger charge is 2.16. The number of carbonyl (C=O) groups is 1. The molecule has 0 aliphatic carbocycles. The number of aldehydes is 1. The number of allylic oxidation sites excluding steroid dienone is 1. The maximum Gasteiger partial charge on any atom is 0.158 e. The monoisotopic (exact) mass is 430 g/mol. The van der Waals surface area contributed by atoms with Crippen LogP contribution in [0.5, 0.6) is 0 Å². The fraction of sp³-hybridized carbons (Fsp3) is 0.571. The second kappa shape index (κ2) is 25.5. The average molecular weight is 431 g/mol. The van der Waals surface area contributed by atoms with Crippen molar-refractivity contribution in [2.24, 2.45) is 4.99 Å². The molecule has 0 amide bonds. The lowest BCUT2D eigenvalue weighted by Gasteiger charge is -2.21. The molecular weight excluding hydrogens is 388 g/mol. The van der Waals surface area contributed by atoms with Crippen molar-refractivity contribution >= 4 is 48.4 Å². The number of hydrogen-bond acceptors (Lipinski definition) is 6. The van der Waals surface area contributed by atoms with Crippen LogP contribution in [0.25, 0.3) is 5.70 Å². The van der Waals surface area contributed by atoms with Crippen molar-refractivity contribution in [2.45, 2.75) is 48.5 Å². The highest BCUT2D eigenvalue weighted by Crippen LogP contribution is 2.30. The number of anilines is 1. The number of aryl methyl sites for hydroxylation is 1. The van der Waals surface area contributed by atoms with E-state index in [-0.39, 0.29) is 0 Å². The Morgan fingerprint density at radius 3 is 2.04 bits per heavy atom. The second-order valence-electron chi connectivity index (χ2n) is 4.28. The van der Waals surface area contributed by atoms with E-state index >= 15 is 0 Å². The van der Waals surface area contributed by atoms with Crippen LogP contribution in [0.15, 0.2) is 22.2 Å². The Bertz CT molecular complexity index is 545. The first-order valence-corrected chi connectivity index (χ1v) is 11.7. The number of pyridine rings is 1. The van der Waals surface area contributed by atoms with Crippen molar-refractivity contribution in [2.75, 3.05) is 38.6 Å². The number of thiol groups is 1. The largest absolute Gasteiger partial charge is 0.377 e. The summed E-state index contributed by atoms with van der Waals surface area (Å²) in [6.45, 7) is 13.9. The van der Waals surface area contributed by atoms with Crippen molar-refractivity contribution in [3.63, 3.8) is 0 Å². The Hall–Kier alpha value is -1.47. The molecule has 0 saturated carbocycles. The average Bonchev–Trinajstić information content (AvgIpc) is 2.77. The van der Waals surface area contributed by atoms with Gasteiger partial charge in [-0.25, -0.2) is 0 Å². The summed E-state index contributed by atoms with van der Waals surface area (Å²) >= 11 is 4.92. The van der Waals surface area contributed by atoms with Crippen molar-refractivity contribution < 1.29 is 4.79 Å². The third-order valence-corrected chi connectivity index (χ3v) is 3.50. The Morgan fingerprint density at radius 2 is 1.68 bits per heavy atom. The predicted octanol–water partition coefficient (Wildman–Crippen LogP) is 5.56. The number of rotatable bonds is 6. The van der Waals surface area contributed by atoms with E-state index in [0.29, 0.717) is 4.91 Å². The Morgan fingerprint density at radius 1 is 1.18 bits per heavy atom. The molecule has 1 heterocycles. The Kier molecular flexibility index (Phi) is 31.1. The molecular formula is C21H42N4OS2. The first-order chi connectivity index (χ1) is 13.6. The maximum absolute atomic E-state index is 11.3. The number of aliphatic imine (C=N–C) groups is 1. The van der Waals surface area contributed by atoms with Crippen LogP contribution >= 0.6 is 24.4 Å². The normalized spacial score (nSPS) is 9.61. The summed E-state index contributed by atoms with van der Waals surface area (Å²) in [5.74, 6) is 0. The minimum atomic E-state index is 0.615. The lowest BCUT2D eigenvalue weighted by Crippen LogP contribution is -2.18. The topological polar surface area (TPSA) is 57.6 Å². The summed E-state index contributed by atoms with van der Waals surface area (Å²) in [6, 6.07) is 1.93. The summed E-state index contributed by atoms with van der Waals surface area (Å²) in [6.07, 6.45) is 7.75. The molecule has 0 saturated heterocycles. The number of nitrogens with zero attached hydrogens (tertiary/aromatic N) is 3. The van der Waals surface area contributed by atoms with Crippen LogP contribution in [0.1, 0.15) is 52.8 Å². The summed E-state index contributed by atoms with van der Waals surface area (Å²) in [5, 5.41) is 3.09. The van der Waals surface area contributed by atoms with E-state index in [1.165, 1.54) is 11.8 Å². The molecule has 0 aromatic carbocycles. The third kappa shape index (κ3) is 12.8. The molecule has 7 heteroatoms. The quantitative estimate of drug-likeness (QED) is 0.203. The Balaban J connectivity index is -0.000000318. The molecule has 0 unspecified atom stereocenters. The molecule has 1 aromatic rings. The molecule has 0 spiro atoms. The van der Waals surface area contributed by atoms with Gasteiger partial charge < -0.3 is 10.2 Å². The zero-order chi connectivity index (χ0) is 23.1. The number of hydrogen-bond donors (Lipinski definition) is 2. The highest BCUT2D eigenvalue weighted by molar-refractivity contribution is 8.03. The van der Waals surface area contributed by atoms with E-state index in [1.54, 1.807) is 25.8 Å². The van der Waals surface area contributed by atoms with E-state index in [1.807, 2.05) is 79.8 Å². The number of aromatic nitrogens is 1. The molecule has 28 heavy (non-hydrogen) atoms. The molecule has 0 bridgehead atoms. The van der Waals surface area contributed by atoms with E-state index in [0.717, 1.165) is 28.9 Å². The van der Waals surface area contributed by atoms with Crippen LogP contribution in [-0.4, -0.2) is 51.3 Å². The summed E-state index contributed by atoms with van der Waals surface area (Å²) < 4.78 is 0. The fourth-order valence-electron chi connectivity index (χ4n) is 1.84. The zero-order valence-corrected chi connectivity index (χ0v) is 21.6. The van der Waals surface area contributed by atoms with Crippen molar-refractivity contribution in [3.8, 4) is 0 Å². The van der Waals surface area contributed by atoms with Gasteiger partial charge in [-0.1, -0.05) is 41.5 Å². The molecule has 1 rings (SSSR count). The van der Waals surface area contributed by atoms with Crippen LogP contribution < -0.4 is 10.2 Å². The minimum absolute atomic E-state index is 0.615. The van der Waals surface area contributed by atoms with E-state index in [2.05, 4.69) is 27.9 Å². The number of thioether (sulfide) groups is 1. The molecule has 0 radical (unpaired) electrons. The molecule has 0 aliphatic rings. The maximum atomic E-state index is 11.3. The van der Waals surface area contributed by atoms with E-state index in [4.69, 9.17) is 0 Å². The molecule has 164 valence electrons. The van der Waals surface area contributed by atoms with Gasteiger partial charge in [0.05, 0.1) is 16.9 Å². The van der Waals surface area contributed by atoms with Gasteiger partial charge in [0.1, 0.15) is 0 Å². The first-order valence-electron chi connectivity index (χ1n) is 9.55. The van der Waals surface area contributed by atoms with Crippen molar-refractivity contribution in [1.82, 2.24) is 10.3 Å². The fourth-order valence-corrected chi connectivity index (χ4v) is 2.30. The smallest absolute Gasteiger partial charge is 0.158 e. The molecule has 1 aromatic heterocycles. The zero-order valence-electron chi connectivity index (χ0n) is 19.9. The standard InChI is InChI=1S/C14H20N4OS.3C2H6.CH4S/c1-10-13(11(18(3)4)6-7-16-10)14(17-9-15-2)12(8-19)20-5;4*1-2/h6-9H,1-5H3,(H,15,17);3*1-2H3;2H,1H3/b14-12+;;;;.